The summed E-state index contributed by atoms with van der Waals surface area (Å²) in [5.74, 6) is -2.32. The van der Waals surface area contributed by atoms with Gasteiger partial charge in [0.15, 0.2) is 9.84 Å². The van der Waals surface area contributed by atoms with Crippen LogP contribution in [-0.4, -0.2) is 57.4 Å². The molecule has 3 saturated heterocycles. The molecule has 1 spiro atoms. The van der Waals surface area contributed by atoms with Crippen molar-refractivity contribution in [3.8, 4) is 0 Å². The molecule has 30 heavy (non-hydrogen) atoms. The van der Waals surface area contributed by atoms with Crippen molar-refractivity contribution in [2.45, 2.75) is 38.1 Å². The van der Waals surface area contributed by atoms with E-state index in [9.17, 15) is 26.8 Å². The zero-order valence-corrected chi connectivity index (χ0v) is 17.5. The number of anilines is 1. The molecular formula is C20H25F2N3O4S. The fraction of sp³-hybridized carbons (Fsp3) is 0.600. The number of piperidine rings is 1. The van der Waals surface area contributed by atoms with Crippen LogP contribution >= 0.6 is 0 Å². The number of nitrogens with zero attached hydrogens (tertiary/aromatic N) is 1. The van der Waals surface area contributed by atoms with Crippen LogP contribution in [0.5, 0.6) is 0 Å². The summed E-state index contributed by atoms with van der Waals surface area (Å²) in [6.45, 7) is 2.44. The lowest BCUT2D eigenvalue weighted by atomic mass is 9.81. The third-order valence-electron chi connectivity index (χ3n) is 6.41. The van der Waals surface area contributed by atoms with Crippen molar-refractivity contribution >= 4 is 27.3 Å². The predicted octanol–water partition coefficient (Wildman–Crippen LogP) is 1.09. The van der Waals surface area contributed by atoms with E-state index in [1.54, 1.807) is 4.90 Å². The van der Waals surface area contributed by atoms with Gasteiger partial charge in [0.1, 0.15) is 17.3 Å². The van der Waals surface area contributed by atoms with Crippen LogP contribution in [0.2, 0.25) is 0 Å². The maximum Gasteiger partial charge on any atom is 0.227 e. The van der Waals surface area contributed by atoms with Crippen LogP contribution in [0.25, 0.3) is 0 Å². The third kappa shape index (κ3) is 4.01. The molecule has 0 aromatic heterocycles. The second-order valence-electron chi connectivity index (χ2n) is 8.78. The first-order valence-electron chi connectivity index (χ1n) is 10.1. The van der Waals surface area contributed by atoms with Crippen molar-refractivity contribution < 1.29 is 26.8 Å². The lowest BCUT2D eigenvalue weighted by Crippen LogP contribution is -2.54. The monoisotopic (exact) mass is 441 g/mol. The molecule has 0 saturated carbocycles. The molecule has 0 bridgehead atoms. The van der Waals surface area contributed by atoms with Crippen molar-refractivity contribution in [1.29, 1.82) is 0 Å². The van der Waals surface area contributed by atoms with Crippen LogP contribution in [0.3, 0.4) is 0 Å². The first kappa shape index (κ1) is 21.0. The van der Waals surface area contributed by atoms with Gasteiger partial charge in [0, 0.05) is 38.0 Å². The quantitative estimate of drug-likeness (QED) is 0.729. The SMILES string of the molecule is CC(=O)NCC1C[C@@H](c2cc(F)c(N3CCC4(CC3)CS(=O)(=O)C4)c(F)c2)C(=O)N1. The summed E-state index contributed by atoms with van der Waals surface area (Å²) in [5, 5.41) is 5.38. The van der Waals surface area contributed by atoms with Gasteiger partial charge < -0.3 is 15.5 Å². The highest BCUT2D eigenvalue weighted by Crippen LogP contribution is 2.44. The number of amides is 2. The normalized spacial score (nSPS) is 26.9. The molecule has 1 aromatic rings. The topological polar surface area (TPSA) is 95.6 Å². The van der Waals surface area contributed by atoms with Crippen LogP contribution in [-0.2, 0) is 19.4 Å². The van der Waals surface area contributed by atoms with E-state index in [1.807, 2.05) is 0 Å². The molecule has 2 atom stereocenters. The zero-order chi connectivity index (χ0) is 21.7. The fourth-order valence-corrected chi connectivity index (χ4v) is 7.27. The Morgan fingerprint density at radius 2 is 1.83 bits per heavy atom. The van der Waals surface area contributed by atoms with E-state index in [1.165, 1.54) is 19.1 Å². The fourth-order valence-electron chi connectivity index (χ4n) is 4.91. The van der Waals surface area contributed by atoms with E-state index in [0.29, 0.717) is 32.4 Å². The molecule has 1 aromatic carbocycles. The van der Waals surface area contributed by atoms with Crippen LogP contribution in [0.4, 0.5) is 14.5 Å². The number of hydrogen-bond donors (Lipinski definition) is 2. The summed E-state index contributed by atoms with van der Waals surface area (Å²) < 4.78 is 52.8. The molecule has 7 nitrogen and oxygen atoms in total. The van der Waals surface area contributed by atoms with E-state index in [4.69, 9.17) is 0 Å². The van der Waals surface area contributed by atoms with Gasteiger partial charge in [0.05, 0.1) is 17.4 Å². The molecule has 0 aliphatic carbocycles. The maximum atomic E-state index is 14.9. The predicted molar refractivity (Wildman–Crippen MR) is 107 cm³/mol. The highest BCUT2D eigenvalue weighted by molar-refractivity contribution is 7.92. The minimum absolute atomic E-state index is 0.121. The Morgan fingerprint density at radius 3 is 2.37 bits per heavy atom. The molecule has 3 aliphatic heterocycles. The largest absolute Gasteiger partial charge is 0.367 e. The average molecular weight is 442 g/mol. The lowest BCUT2D eigenvalue weighted by molar-refractivity contribution is -0.121. The van der Waals surface area contributed by atoms with Gasteiger partial charge in [0.2, 0.25) is 11.8 Å². The van der Waals surface area contributed by atoms with Crippen molar-refractivity contribution in [2.24, 2.45) is 5.41 Å². The van der Waals surface area contributed by atoms with Gasteiger partial charge in [-0.1, -0.05) is 0 Å². The molecule has 0 radical (unpaired) electrons. The maximum absolute atomic E-state index is 14.9. The Balaban J connectivity index is 1.45. The van der Waals surface area contributed by atoms with E-state index in [2.05, 4.69) is 10.6 Å². The Kier molecular flexibility index (Phi) is 5.24. The Labute approximate surface area is 174 Å². The summed E-state index contributed by atoms with van der Waals surface area (Å²) in [4.78, 5) is 24.9. The highest BCUT2D eigenvalue weighted by atomic mass is 32.2. The molecular weight excluding hydrogens is 416 g/mol. The number of carbonyl (C=O) groups excluding carboxylic acids is 2. The van der Waals surface area contributed by atoms with E-state index < -0.39 is 27.4 Å². The summed E-state index contributed by atoms with van der Waals surface area (Å²) in [7, 11) is -2.95. The average Bonchev–Trinajstić information content (AvgIpc) is 3.00. The van der Waals surface area contributed by atoms with Gasteiger partial charge in [-0.05, 0) is 37.0 Å². The molecule has 3 fully saturated rings. The Bertz CT molecular complexity index is 953. The molecule has 10 heteroatoms. The van der Waals surface area contributed by atoms with Crippen molar-refractivity contribution in [2.75, 3.05) is 36.0 Å². The standard InChI is InChI=1S/C20H25F2N3O4S/c1-12(26)23-9-14-8-15(19(27)24-14)13-6-16(21)18(17(22)7-13)25-4-2-20(3-5-25)10-30(28,29)11-20/h6-7,14-15H,2-5,8-11H2,1H3,(H,23,26)(H,24,27)/t14?,15-/m0/s1. The van der Waals surface area contributed by atoms with Crippen molar-refractivity contribution in [3.05, 3.63) is 29.3 Å². The lowest BCUT2D eigenvalue weighted by Gasteiger charge is -2.47. The molecule has 1 unspecified atom stereocenters. The van der Waals surface area contributed by atoms with Gasteiger partial charge in [-0.15, -0.1) is 0 Å². The zero-order valence-electron chi connectivity index (χ0n) is 16.7. The van der Waals surface area contributed by atoms with Crippen molar-refractivity contribution in [1.82, 2.24) is 10.6 Å². The number of carbonyl (C=O) groups is 2. The smallest absolute Gasteiger partial charge is 0.227 e. The molecule has 3 heterocycles. The number of hydrogen-bond acceptors (Lipinski definition) is 5. The summed E-state index contributed by atoms with van der Waals surface area (Å²) >= 11 is 0. The molecule has 3 aliphatic rings. The summed E-state index contributed by atoms with van der Waals surface area (Å²) in [6, 6.07) is 2.14. The van der Waals surface area contributed by atoms with E-state index in [-0.39, 0.29) is 52.6 Å². The molecule has 164 valence electrons. The van der Waals surface area contributed by atoms with Gasteiger partial charge in [-0.3, -0.25) is 9.59 Å². The number of halogens is 2. The number of benzene rings is 1. The molecule has 2 N–H and O–H groups in total. The minimum Gasteiger partial charge on any atom is -0.367 e. The summed E-state index contributed by atoms with van der Waals surface area (Å²) in [6.07, 6.45) is 1.52. The van der Waals surface area contributed by atoms with Crippen molar-refractivity contribution in [3.63, 3.8) is 0 Å². The molecule has 2 amide bonds. The Morgan fingerprint density at radius 1 is 1.23 bits per heavy atom. The van der Waals surface area contributed by atoms with Crippen LogP contribution in [0.15, 0.2) is 12.1 Å². The second kappa shape index (κ2) is 7.47. The van der Waals surface area contributed by atoms with Gasteiger partial charge in [-0.25, -0.2) is 17.2 Å². The van der Waals surface area contributed by atoms with E-state index in [0.717, 1.165) is 0 Å². The number of nitrogens with one attached hydrogen (secondary N) is 2. The van der Waals surface area contributed by atoms with Crippen LogP contribution in [0.1, 0.15) is 37.7 Å². The van der Waals surface area contributed by atoms with Gasteiger partial charge >= 0.3 is 0 Å². The number of sulfone groups is 1. The number of rotatable bonds is 4. The first-order chi connectivity index (χ1) is 14.1. The highest BCUT2D eigenvalue weighted by Gasteiger charge is 2.49. The van der Waals surface area contributed by atoms with Gasteiger partial charge in [-0.2, -0.15) is 0 Å². The molecule has 4 rings (SSSR count). The summed E-state index contributed by atoms with van der Waals surface area (Å²) in [5.41, 5.74) is -0.0910. The first-order valence-corrected chi connectivity index (χ1v) is 11.9. The van der Waals surface area contributed by atoms with Crippen LogP contribution < -0.4 is 15.5 Å². The van der Waals surface area contributed by atoms with Crippen LogP contribution in [0, 0.1) is 17.0 Å². The third-order valence-corrected chi connectivity index (χ3v) is 8.52. The van der Waals surface area contributed by atoms with E-state index >= 15 is 0 Å². The Hall–Kier alpha value is -2.23. The second-order valence-corrected chi connectivity index (χ2v) is 10.8. The minimum atomic E-state index is -2.95. The van der Waals surface area contributed by atoms with Gasteiger partial charge in [0.25, 0.3) is 0 Å².